The molecule has 1 aromatic carbocycles. The summed E-state index contributed by atoms with van der Waals surface area (Å²) in [7, 11) is 0. The van der Waals surface area contributed by atoms with Gasteiger partial charge in [-0.1, -0.05) is 19.1 Å². The highest BCUT2D eigenvalue weighted by atomic mass is 16.6. The molecule has 0 saturated carbocycles. The number of rotatable bonds is 4. The van der Waals surface area contributed by atoms with Gasteiger partial charge in [-0.3, -0.25) is 0 Å². The summed E-state index contributed by atoms with van der Waals surface area (Å²) in [6, 6.07) is 8.20. The molecule has 3 aromatic rings. The first kappa shape index (κ1) is 19.5. The molecule has 0 fully saturated rings. The Hall–Kier alpha value is -3.22. The average molecular weight is 379 g/mol. The number of benzene rings is 1. The average Bonchev–Trinajstić information content (AvgIpc) is 3.09. The second-order valence-corrected chi connectivity index (χ2v) is 7.54. The molecule has 0 saturated heterocycles. The Labute approximate surface area is 164 Å². The summed E-state index contributed by atoms with van der Waals surface area (Å²) < 4.78 is 6.44. The highest BCUT2D eigenvalue weighted by Crippen LogP contribution is 2.22. The van der Waals surface area contributed by atoms with Crippen LogP contribution < -0.4 is 5.32 Å². The lowest BCUT2D eigenvalue weighted by molar-refractivity contribution is 0.0514. The van der Waals surface area contributed by atoms with Gasteiger partial charge in [-0.2, -0.15) is 9.78 Å². The van der Waals surface area contributed by atoms with Gasteiger partial charge in [-0.15, -0.1) is 0 Å². The van der Waals surface area contributed by atoms with Gasteiger partial charge in [0, 0.05) is 11.8 Å². The molecular weight excluding hydrogens is 354 g/mol. The lowest BCUT2D eigenvalue weighted by Crippen LogP contribution is -2.27. The monoisotopic (exact) mass is 379 g/mol. The fraction of sp³-hybridized carbons (Fsp3) is 0.333. The van der Waals surface area contributed by atoms with E-state index in [1.807, 2.05) is 26.8 Å². The van der Waals surface area contributed by atoms with E-state index in [0.29, 0.717) is 11.6 Å². The van der Waals surface area contributed by atoms with Crippen LogP contribution in [0.5, 0.6) is 0 Å². The summed E-state index contributed by atoms with van der Waals surface area (Å²) in [4.78, 5) is 20.9. The summed E-state index contributed by atoms with van der Waals surface area (Å²) in [6.07, 6.45) is 5.24. The third-order valence-electron chi connectivity index (χ3n) is 4.09. The van der Waals surface area contributed by atoms with Crippen LogP contribution in [-0.2, 0) is 11.2 Å². The minimum absolute atomic E-state index is 0.429. The maximum atomic E-state index is 12.1. The predicted octanol–water partition coefficient (Wildman–Crippen LogP) is 4.74. The number of hydrogen-bond acceptors (Lipinski definition) is 6. The van der Waals surface area contributed by atoms with Crippen molar-refractivity contribution in [2.45, 2.75) is 46.6 Å². The van der Waals surface area contributed by atoms with Gasteiger partial charge in [-0.25, -0.2) is 14.8 Å². The van der Waals surface area contributed by atoms with E-state index >= 15 is 0 Å². The van der Waals surface area contributed by atoms with Gasteiger partial charge in [-0.05, 0) is 57.4 Å². The Morgan fingerprint density at radius 1 is 1.25 bits per heavy atom. The molecule has 0 aliphatic carbocycles. The fourth-order valence-corrected chi connectivity index (χ4v) is 2.76. The fourth-order valence-electron chi connectivity index (χ4n) is 2.76. The lowest BCUT2D eigenvalue weighted by Gasteiger charge is -2.18. The Morgan fingerprint density at radius 2 is 2.04 bits per heavy atom. The number of nitrogens with one attached hydrogen (secondary N) is 1. The first-order valence-corrected chi connectivity index (χ1v) is 9.23. The van der Waals surface area contributed by atoms with Gasteiger partial charge in [0.05, 0.1) is 23.8 Å². The highest BCUT2D eigenvalue weighted by molar-refractivity contribution is 5.71. The summed E-state index contributed by atoms with van der Waals surface area (Å²) in [5, 5.41) is 7.11. The largest absolute Gasteiger partial charge is 0.442 e. The Bertz CT molecular complexity index is 988. The molecular formula is C21H25N5O2. The van der Waals surface area contributed by atoms with Crippen molar-refractivity contribution in [1.29, 1.82) is 0 Å². The summed E-state index contributed by atoms with van der Waals surface area (Å²) in [6.45, 7) is 9.67. The van der Waals surface area contributed by atoms with E-state index in [0.717, 1.165) is 22.4 Å². The van der Waals surface area contributed by atoms with Crippen molar-refractivity contribution < 1.29 is 9.53 Å². The van der Waals surface area contributed by atoms with Crippen LogP contribution in [0.4, 0.5) is 16.4 Å². The molecule has 0 unspecified atom stereocenters. The quantitative estimate of drug-likeness (QED) is 0.705. The number of hydrogen-bond donors (Lipinski definition) is 1. The number of nitrogens with zero attached hydrogens (tertiary/aromatic N) is 4. The number of ether oxygens (including phenoxy) is 1. The van der Waals surface area contributed by atoms with Gasteiger partial charge in [0.2, 0.25) is 5.95 Å². The molecule has 2 heterocycles. The van der Waals surface area contributed by atoms with E-state index in [-0.39, 0.29) is 0 Å². The van der Waals surface area contributed by atoms with Crippen molar-refractivity contribution in [1.82, 2.24) is 19.7 Å². The first-order valence-electron chi connectivity index (χ1n) is 9.23. The van der Waals surface area contributed by atoms with Crippen LogP contribution in [-0.4, -0.2) is 31.4 Å². The zero-order chi connectivity index (χ0) is 20.3. The number of anilines is 2. The molecule has 28 heavy (non-hydrogen) atoms. The summed E-state index contributed by atoms with van der Waals surface area (Å²) in [5.74, 6) is 0.429. The summed E-state index contributed by atoms with van der Waals surface area (Å²) >= 11 is 0. The van der Waals surface area contributed by atoms with Crippen LogP contribution in [0.2, 0.25) is 0 Å². The number of carbonyl (C=O) groups excluding carboxylic acids is 1. The normalized spacial score (nSPS) is 11.3. The maximum Gasteiger partial charge on any atom is 0.435 e. The van der Waals surface area contributed by atoms with E-state index in [2.05, 4.69) is 52.4 Å². The van der Waals surface area contributed by atoms with Crippen LogP contribution in [0.25, 0.3) is 11.3 Å². The van der Waals surface area contributed by atoms with Gasteiger partial charge in [0.15, 0.2) is 0 Å². The molecule has 1 N–H and O–H groups in total. The Balaban J connectivity index is 1.77. The van der Waals surface area contributed by atoms with Crippen molar-refractivity contribution >= 4 is 17.7 Å². The van der Waals surface area contributed by atoms with E-state index in [9.17, 15) is 4.79 Å². The van der Waals surface area contributed by atoms with Crippen LogP contribution in [0, 0.1) is 6.92 Å². The standard InChI is InChI=1S/C21H25N5O2/c1-6-15-7-8-16(11-14(15)2)18-9-10-22-19(25-18)24-17-12-23-26(13-17)20(27)28-21(3,4)5/h7-13H,6H2,1-5H3,(H,22,24,25). The van der Waals surface area contributed by atoms with Crippen molar-refractivity contribution in [2.24, 2.45) is 0 Å². The van der Waals surface area contributed by atoms with Crippen molar-refractivity contribution in [3.05, 3.63) is 54.0 Å². The molecule has 3 rings (SSSR count). The molecule has 146 valence electrons. The molecule has 2 aromatic heterocycles. The molecule has 7 nitrogen and oxygen atoms in total. The number of carbonyl (C=O) groups is 1. The molecule has 0 aliphatic rings. The lowest BCUT2D eigenvalue weighted by atomic mass is 10.0. The van der Waals surface area contributed by atoms with E-state index in [1.54, 1.807) is 12.4 Å². The number of aryl methyl sites for hydroxylation is 2. The highest BCUT2D eigenvalue weighted by Gasteiger charge is 2.18. The zero-order valence-corrected chi connectivity index (χ0v) is 16.9. The van der Waals surface area contributed by atoms with Gasteiger partial charge >= 0.3 is 6.09 Å². The maximum absolute atomic E-state index is 12.1. The van der Waals surface area contributed by atoms with Crippen LogP contribution in [0.1, 0.15) is 38.8 Å². The molecule has 7 heteroatoms. The topological polar surface area (TPSA) is 81.9 Å². The smallest absolute Gasteiger partial charge is 0.435 e. The van der Waals surface area contributed by atoms with Crippen molar-refractivity contribution in [3.8, 4) is 11.3 Å². The van der Waals surface area contributed by atoms with Crippen LogP contribution >= 0.6 is 0 Å². The van der Waals surface area contributed by atoms with Crippen LogP contribution in [0.15, 0.2) is 42.9 Å². The Morgan fingerprint density at radius 3 is 2.71 bits per heavy atom. The molecule has 0 radical (unpaired) electrons. The number of aromatic nitrogens is 4. The third-order valence-corrected chi connectivity index (χ3v) is 4.09. The minimum Gasteiger partial charge on any atom is -0.442 e. The molecule has 0 bridgehead atoms. The minimum atomic E-state index is -0.584. The summed E-state index contributed by atoms with van der Waals surface area (Å²) in [5.41, 5.74) is 4.44. The molecule has 0 amide bonds. The van der Waals surface area contributed by atoms with E-state index < -0.39 is 11.7 Å². The third kappa shape index (κ3) is 4.73. The van der Waals surface area contributed by atoms with Gasteiger partial charge in [0.1, 0.15) is 5.60 Å². The van der Waals surface area contributed by atoms with Crippen molar-refractivity contribution in [3.63, 3.8) is 0 Å². The van der Waals surface area contributed by atoms with E-state index in [1.165, 1.54) is 17.3 Å². The second kappa shape index (κ2) is 7.80. The molecule has 0 aliphatic heterocycles. The molecule has 0 spiro atoms. The zero-order valence-electron chi connectivity index (χ0n) is 16.9. The first-order chi connectivity index (χ1) is 13.2. The van der Waals surface area contributed by atoms with Crippen LogP contribution in [0.3, 0.4) is 0 Å². The SMILES string of the molecule is CCc1ccc(-c2ccnc(Nc3cnn(C(=O)OC(C)(C)C)c3)n2)cc1C. The van der Waals surface area contributed by atoms with Gasteiger partial charge in [0.25, 0.3) is 0 Å². The molecule has 0 atom stereocenters. The van der Waals surface area contributed by atoms with E-state index in [4.69, 9.17) is 4.74 Å². The van der Waals surface area contributed by atoms with Crippen molar-refractivity contribution in [2.75, 3.05) is 5.32 Å². The second-order valence-electron chi connectivity index (χ2n) is 7.54. The Kier molecular flexibility index (Phi) is 5.44. The van der Waals surface area contributed by atoms with Gasteiger partial charge < -0.3 is 10.1 Å². The predicted molar refractivity (Wildman–Crippen MR) is 109 cm³/mol.